The Balaban J connectivity index is 1.74. The van der Waals surface area contributed by atoms with Gasteiger partial charge in [-0.15, -0.1) is 0 Å². The van der Waals surface area contributed by atoms with Gasteiger partial charge in [0.2, 0.25) is 11.8 Å². The maximum Gasteiger partial charge on any atom is 0.326 e. The lowest BCUT2D eigenvalue weighted by Gasteiger charge is -2.23. The molecule has 6 N–H and O–H groups in total. The van der Waals surface area contributed by atoms with Crippen LogP contribution in [0.25, 0.3) is 0 Å². The van der Waals surface area contributed by atoms with E-state index >= 15 is 0 Å². The van der Waals surface area contributed by atoms with Crippen LogP contribution in [0.15, 0.2) is 84.9 Å². The van der Waals surface area contributed by atoms with Gasteiger partial charge in [0, 0.05) is 12.8 Å². The van der Waals surface area contributed by atoms with E-state index in [1.54, 1.807) is 36.4 Å². The van der Waals surface area contributed by atoms with Crippen LogP contribution >= 0.6 is 0 Å². The van der Waals surface area contributed by atoms with Gasteiger partial charge in [0.15, 0.2) is 0 Å². The molecule has 3 aromatic carbocycles. The molecule has 3 aromatic rings. The highest BCUT2D eigenvalue weighted by Crippen LogP contribution is 2.12. The van der Waals surface area contributed by atoms with Gasteiger partial charge in [0.05, 0.1) is 6.04 Å². The van der Waals surface area contributed by atoms with E-state index in [1.807, 2.05) is 36.4 Å². The molecule has 0 spiro atoms. The molecule has 8 nitrogen and oxygen atoms in total. The van der Waals surface area contributed by atoms with Crippen LogP contribution in [0, 0.1) is 0 Å². The first-order valence-electron chi connectivity index (χ1n) is 11.3. The minimum atomic E-state index is -1.18. The van der Waals surface area contributed by atoms with Gasteiger partial charge in [-0.2, -0.15) is 0 Å². The zero-order valence-electron chi connectivity index (χ0n) is 19.1. The summed E-state index contributed by atoms with van der Waals surface area (Å²) >= 11 is 0. The maximum absolute atomic E-state index is 13.2. The number of phenolic OH excluding ortho intramolecular Hbond substituents is 1. The van der Waals surface area contributed by atoms with Gasteiger partial charge in [-0.3, -0.25) is 9.59 Å². The number of phenols is 1. The summed E-state index contributed by atoms with van der Waals surface area (Å²) in [6, 6.07) is 21.3. The standard InChI is InChI=1S/C27H29N3O5/c28-22(15-18-7-3-1-4-8-18)25(32)29-23(16-20-11-13-21(31)14-12-20)26(33)30-24(27(34)35)17-19-9-5-2-6-10-19/h1-14,22-24,31H,15-17,28H2,(H,29,32)(H,30,33)(H,34,35)/t22-,23-,24-/m1/s1. The van der Waals surface area contributed by atoms with Crippen LogP contribution in [0.2, 0.25) is 0 Å². The van der Waals surface area contributed by atoms with Crippen molar-refractivity contribution in [3.8, 4) is 5.75 Å². The first kappa shape index (κ1) is 25.5. The Labute approximate surface area is 203 Å². The molecule has 0 aliphatic carbocycles. The molecule has 0 saturated carbocycles. The van der Waals surface area contributed by atoms with Gasteiger partial charge in [-0.1, -0.05) is 72.8 Å². The highest BCUT2D eigenvalue weighted by molar-refractivity contribution is 5.92. The first-order chi connectivity index (χ1) is 16.8. The van der Waals surface area contributed by atoms with Crippen molar-refractivity contribution in [1.82, 2.24) is 10.6 Å². The largest absolute Gasteiger partial charge is 0.508 e. The fraction of sp³-hybridized carbons (Fsp3) is 0.222. The molecule has 2 amide bonds. The second-order valence-corrected chi connectivity index (χ2v) is 8.32. The molecule has 0 fully saturated rings. The molecule has 0 heterocycles. The van der Waals surface area contributed by atoms with Crippen LogP contribution in [0.5, 0.6) is 5.75 Å². The van der Waals surface area contributed by atoms with Crippen LogP contribution < -0.4 is 16.4 Å². The van der Waals surface area contributed by atoms with E-state index in [1.165, 1.54) is 12.1 Å². The number of carbonyl (C=O) groups is 3. The number of nitrogens with two attached hydrogens (primary N) is 1. The quantitative estimate of drug-likeness (QED) is 0.286. The summed E-state index contributed by atoms with van der Waals surface area (Å²) in [5.41, 5.74) is 8.40. The Hall–Kier alpha value is -4.17. The second kappa shape index (κ2) is 12.3. The third-order valence-corrected chi connectivity index (χ3v) is 5.54. The van der Waals surface area contributed by atoms with Crippen molar-refractivity contribution >= 4 is 17.8 Å². The topological polar surface area (TPSA) is 142 Å². The molecule has 0 saturated heterocycles. The second-order valence-electron chi connectivity index (χ2n) is 8.32. The molecule has 0 unspecified atom stereocenters. The normalized spacial score (nSPS) is 13.3. The Morgan fingerprint density at radius 1 is 0.657 bits per heavy atom. The molecule has 0 aliphatic rings. The minimum Gasteiger partial charge on any atom is -0.508 e. The fourth-order valence-electron chi connectivity index (χ4n) is 3.64. The van der Waals surface area contributed by atoms with Gasteiger partial charge >= 0.3 is 5.97 Å². The maximum atomic E-state index is 13.2. The number of carboxylic acids is 1. The Bertz CT molecular complexity index is 1120. The monoisotopic (exact) mass is 475 g/mol. The van der Waals surface area contributed by atoms with Crippen LogP contribution in [0.4, 0.5) is 0 Å². The number of benzene rings is 3. The zero-order valence-corrected chi connectivity index (χ0v) is 19.1. The summed E-state index contributed by atoms with van der Waals surface area (Å²) in [7, 11) is 0. The smallest absolute Gasteiger partial charge is 0.326 e. The SMILES string of the molecule is N[C@H](Cc1ccccc1)C(=O)N[C@H](Cc1ccc(O)cc1)C(=O)N[C@H](Cc1ccccc1)C(=O)O. The van der Waals surface area contributed by atoms with Crippen LogP contribution in [0.1, 0.15) is 16.7 Å². The number of carbonyl (C=O) groups excluding carboxylic acids is 2. The highest BCUT2D eigenvalue weighted by Gasteiger charge is 2.28. The summed E-state index contributed by atoms with van der Waals surface area (Å²) in [6.07, 6.45) is 0.467. The molecule has 0 bridgehead atoms. The van der Waals surface area contributed by atoms with Gasteiger partial charge in [0.25, 0.3) is 0 Å². The lowest BCUT2D eigenvalue weighted by molar-refractivity contribution is -0.142. The van der Waals surface area contributed by atoms with Crippen LogP contribution in [-0.4, -0.2) is 46.1 Å². The Morgan fingerprint density at radius 3 is 1.66 bits per heavy atom. The number of hydrogen-bond donors (Lipinski definition) is 5. The van der Waals surface area contributed by atoms with E-state index in [-0.39, 0.29) is 25.0 Å². The average molecular weight is 476 g/mol. The third-order valence-electron chi connectivity index (χ3n) is 5.54. The first-order valence-corrected chi connectivity index (χ1v) is 11.3. The van der Waals surface area contributed by atoms with E-state index in [0.717, 1.165) is 11.1 Å². The lowest BCUT2D eigenvalue weighted by atomic mass is 10.0. The van der Waals surface area contributed by atoms with Gasteiger partial charge in [0.1, 0.15) is 17.8 Å². The zero-order chi connectivity index (χ0) is 25.2. The molecular weight excluding hydrogens is 446 g/mol. The van der Waals surface area contributed by atoms with Gasteiger partial charge in [-0.05, 0) is 35.2 Å². The number of rotatable bonds is 11. The van der Waals surface area contributed by atoms with Crippen molar-refractivity contribution < 1.29 is 24.6 Å². The molecule has 8 heteroatoms. The van der Waals surface area contributed by atoms with E-state index < -0.39 is 35.9 Å². The molecule has 3 atom stereocenters. The molecule has 35 heavy (non-hydrogen) atoms. The number of hydrogen-bond acceptors (Lipinski definition) is 5. The Morgan fingerprint density at radius 2 is 1.11 bits per heavy atom. The lowest BCUT2D eigenvalue weighted by Crippen LogP contribution is -2.55. The van der Waals surface area contributed by atoms with Crippen molar-refractivity contribution in [1.29, 1.82) is 0 Å². The molecule has 3 rings (SSSR count). The number of aromatic hydroxyl groups is 1. The molecule has 0 aromatic heterocycles. The van der Waals surface area contributed by atoms with E-state index in [0.29, 0.717) is 5.56 Å². The molecule has 0 radical (unpaired) electrons. The number of nitrogens with one attached hydrogen (secondary N) is 2. The summed E-state index contributed by atoms with van der Waals surface area (Å²) in [4.78, 5) is 37.8. The summed E-state index contributed by atoms with van der Waals surface area (Å²) < 4.78 is 0. The fourth-order valence-corrected chi connectivity index (χ4v) is 3.64. The van der Waals surface area contributed by atoms with Crippen LogP contribution in [0.3, 0.4) is 0 Å². The molecular formula is C27H29N3O5. The van der Waals surface area contributed by atoms with Crippen molar-refractivity contribution in [2.75, 3.05) is 0 Å². The molecule has 0 aliphatic heterocycles. The van der Waals surface area contributed by atoms with Crippen molar-refractivity contribution in [3.63, 3.8) is 0 Å². The van der Waals surface area contributed by atoms with Crippen molar-refractivity contribution in [2.45, 2.75) is 37.4 Å². The highest BCUT2D eigenvalue weighted by atomic mass is 16.4. The van der Waals surface area contributed by atoms with E-state index in [2.05, 4.69) is 10.6 Å². The van der Waals surface area contributed by atoms with Crippen molar-refractivity contribution in [3.05, 3.63) is 102 Å². The average Bonchev–Trinajstić information content (AvgIpc) is 2.85. The van der Waals surface area contributed by atoms with E-state index in [4.69, 9.17) is 5.73 Å². The predicted molar refractivity (Wildman–Crippen MR) is 132 cm³/mol. The summed E-state index contributed by atoms with van der Waals surface area (Å²) in [6.45, 7) is 0. The number of aliphatic carboxylic acids is 1. The number of amides is 2. The minimum absolute atomic E-state index is 0.0671. The Kier molecular flexibility index (Phi) is 8.97. The summed E-state index contributed by atoms with van der Waals surface area (Å²) in [5, 5.41) is 24.4. The van der Waals surface area contributed by atoms with E-state index in [9.17, 15) is 24.6 Å². The van der Waals surface area contributed by atoms with Gasteiger partial charge < -0.3 is 26.6 Å². The molecule has 182 valence electrons. The van der Waals surface area contributed by atoms with Gasteiger partial charge in [-0.25, -0.2) is 4.79 Å². The van der Waals surface area contributed by atoms with Crippen LogP contribution in [-0.2, 0) is 33.6 Å². The van der Waals surface area contributed by atoms with Crippen molar-refractivity contribution in [2.24, 2.45) is 5.73 Å². The predicted octanol–water partition coefficient (Wildman–Crippen LogP) is 1.80. The third kappa shape index (κ3) is 7.97. The summed E-state index contributed by atoms with van der Waals surface area (Å²) in [5.74, 6) is -2.28. The number of carboxylic acid groups (broad SMARTS) is 1.